The molecule has 9 nitrogen and oxygen atoms in total. The van der Waals surface area contributed by atoms with Crippen LogP contribution in [0.15, 0.2) is 4.99 Å². The summed E-state index contributed by atoms with van der Waals surface area (Å²) in [6.45, 7) is 3.33. The number of aliphatic carboxylic acids is 1. The van der Waals surface area contributed by atoms with Crippen molar-refractivity contribution in [1.29, 1.82) is 0 Å². The summed E-state index contributed by atoms with van der Waals surface area (Å²) in [6, 6.07) is -1.32. The third-order valence-corrected chi connectivity index (χ3v) is 4.76. The second kappa shape index (κ2) is 5.88. The van der Waals surface area contributed by atoms with Gasteiger partial charge in [-0.1, -0.05) is 11.9 Å². The van der Waals surface area contributed by atoms with Gasteiger partial charge in [-0.15, -0.1) is 0 Å². The molecule has 0 aromatic carbocycles. The topological polar surface area (TPSA) is 96.5 Å². The van der Waals surface area contributed by atoms with Crippen molar-refractivity contribution in [2.24, 2.45) is 10.9 Å². The molecule has 3 heterocycles. The number of hydrogen-bond donors (Lipinski definition) is 1. The molecule has 2 unspecified atom stereocenters. The van der Waals surface area contributed by atoms with Crippen LogP contribution in [0.5, 0.6) is 0 Å². The second-order valence-corrected chi connectivity index (χ2v) is 6.63. The van der Waals surface area contributed by atoms with Gasteiger partial charge in [-0.3, -0.25) is 19.2 Å². The molecule has 3 aliphatic rings. The lowest BCUT2D eigenvalue weighted by Crippen LogP contribution is -2.63. The van der Waals surface area contributed by atoms with Gasteiger partial charge in [-0.2, -0.15) is 0 Å². The largest absolute Gasteiger partial charge is 0.479 e. The van der Waals surface area contributed by atoms with Gasteiger partial charge in [-0.25, -0.2) is 14.5 Å². The third kappa shape index (κ3) is 2.53. The number of imide groups is 1. The normalized spacial score (nSPS) is 30.6. The minimum Gasteiger partial charge on any atom is -0.479 e. The molecular weight excluding hydrogens is 314 g/mol. The van der Waals surface area contributed by atoms with E-state index in [2.05, 4.69) is 11.9 Å². The molecule has 3 amide bonds. The molecule has 1 N–H and O–H groups in total. The number of urea groups is 1. The molecule has 0 aromatic heterocycles. The van der Waals surface area contributed by atoms with Crippen molar-refractivity contribution in [3.8, 4) is 0 Å². The first-order chi connectivity index (χ1) is 11.3. The Morgan fingerprint density at radius 1 is 1.33 bits per heavy atom. The van der Waals surface area contributed by atoms with Gasteiger partial charge in [0.2, 0.25) is 11.9 Å². The number of carboxylic acids is 1. The molecule has 3 aliphatic heterocycles. The number of carbonyl (C=O) groups excluding carboxylic acids is 2. The monoisotopic (exact) mass is 336 g/mol. The van der Waals surface area contributed by atoms with Gasteiger partial charge in [0, 0.05) is 14.1 Å². The Morgan fingerprint density at radius 2 is 2.04 bits per heavy atom. The molecule has 9 heteroatoms. The lowest BCUT2D eigenvalue weighted by atomic mass is 10.0. The van der Waals surface area contributed by atoms with Crippen LogP contribution in [0.25, 0.3) is 0 Å². The summed E-state index contributed by atoms with van der Waals surface area (Å²) in [7, 11) is 2.95. The van der Waals surface area contributed by atoms with E-state index in [1.54, 1.807) is 7.05 Å². The molecule has 2 fully saturated rings. The SMILES string of the molecule is CC1CCC[N+](=C2N=C3C(C(=O)N(C)C(=O)N3C)N2CC(=O)O)C1. The number of piperidine rings is 1. The number of amidine groups is 1. The van der Waals surface area contributed by atoms with E-state index < -0.39 is 23.9 Å². The second-order valence-electron chi connectivity index (χ2n) is 6.63. The summed E-state index contributed by atoms with van der Waals surface area (Å²) in [5, 5.41) is 9.27. The minimum absolute atomic E-state index is 0.303. The fraction of sp³-hybridized carbons (Fsp3) is 0.667. The van der Waals surface area contributed by atoms with Gasteiger partial charge in [0.15, 0.2) is 6.54 Å². The fourth-order valence-electron chi connectivity index (χ4n) is 3.52. The van der Waals surface area contributed by atoms with Crippen LogP contribution in [0.1, 0.15) is 19.8 Å². The summed E-state index contributed by atoms with van der Waals surface area (Å²) >= 11 is 0. The van der Waals surface area contributed by atoms with Crippen molar-refractivity contribution in [3.05, 3.63) is 0 Å². The van der Waals surface area contributed by atoms with Crippen molar-refractivity contribution < 1.29 is 24.1 Å². The van der Waals surface area contributed by atoms with Crippen LogP contribution in [0.2, 0.25) is 0 Å². The molecule has 130 valence electrons. The van der Waals surface area contributed by atoms with Gasteiger partial charge < -0.3 is 5.11 Å². The van der Waals surface area contributed by atoms with E-state index in [-0.39, 0.29) is 6.54 Å². The van der Waals surface area contributed by atoms with E-state index in [1.165, 1.54) is 16.8 Å². The number of hydrogen-bond acceptors (Lipinski definition) is 3. The maximum atomic E-state index is 12.6. The van der Waals surface area contributed by atoms with Crippen molar-refractivity contribution in [3.63, 3.8) is 0 Å². The Kier molecular flexibility index (Phi) is 4.02. The Balaban J connectivity index is 2.07. The molecule has 0 aliphatic carbocycles. The number of guanidine groups is 1. The number of aliphatic imine (C=N–C) groups is 1. The summed E-state index contributed by atoms with van der Waals surface area (Å²) in [5.74, 6) is -0.231. The summed E-state index contributed by atoms with van der Waals surface area (Å²) in [5.41, 5.74) is 0. The number of carbonyl (C=O) groups is 3. The molecule has 2 saturated heterocycles. The summed E-state index contributed by atoms with van der Waals surface area (Å²) < 4.78 is 2.02. The van der Waals surface area contributed by atoms with Gasteiger partial charge in [-0.05, 0) is 18.8 Å². The lowest BCUT2D eigenvalue weighted by Gasteiger charge is -2.32. The van der Waals surface area contributed by atoms with Gasteiger partial charge in [0.05, 0.1) is 13.1 Å². The zero-order valence-corrected chi connectivity index (χ0v) is 14.1. The Hall–Kier alpha value is -2.45. The first-order valence-corrected chi connectivity index (χ1v) is 8.05. The number of carboxylic acid groups (broad SMARTS) is 1. The molecule has 0 bridgehead atoms. The van der Waals surface area contributed by atoms with Crippen molar-refractivity contribution >= 4 is 29.7 Å². The van der Waals surface area contributed by atoms with E-state index in [4.69, 9.17) is 0 Å². The number of nitrogens with zero attached hydrogens (tertiary/aromatic N) is 5. The quantitative estimate of drug-likeness (QED) is 0.684. The van der Waals surface area contributed by atoms with Gasteiger partial charge in [0.25, 0.3) is 5.91 Å². The zero-order valence-electron chi connectivity index (χ0n) is 14.1. The Labute approximate surface area is 139 Å². The smallest absolute Gasteiger partial charge is 0.392 e. The van der Waals surface area contributed by atoms with E-state index in [1.807, 2.05) is 4.58 Å². The standard InChI is InChI=1S/C15H21N5O4/c1-9-5-4-6-19(7-9)14-16-12-11(20(14)8-10(21)22)13(23)18(3)15(24)17(12)2/h9,11H,4-8H2,1-3H3/p+1. The Bertz CT molecular complexity index is 671. The molecule has 0 aromatic rings. The predicted octanol–water partition coefficient (Wildman–Crippen LogP) is -0.524. The lowest BCUT2D eigenvalue weighted by molar-refractivity contribution is -0.550. The van der Waals surface area contributed by atoms with E-state index >= 15 is 0 Å². The van der Waals surface area contributed by atoms with Crippen molar-refractivity contribution in [2.75, 3.05) is 33.7 Å². The number of fused-ring (bicyclic) bond motifs is 1. The molecule has 0 spiro atoms. The minimum atomic E-state index is -1.04. The van der Waals surface area contributed by atoms with Crippen LogP contribution in [0.3, 0.4) is 0 Å². The molecular formula is C15H22N5O4+. The number of amides is 3. The van der Waals surface area contributed by atoms with E-state index in [0.29, 0.717) is 17.7 Å². The molecule has 24 heavy (non-hydrogen) atoms. The average Bonchev–Trinajstić information content (AvgIpc) is 2.89. The van der Waals surface area contributed by atoms with Crippen molar-refractivity contribution in [2.45, 2.75) is 25.8 Å². The van der Waals surface area contributed by atoms with Gasteiger partial charge in [0.1, 0.15) is 0 Å². The first-order valence-electron chi connectivity index (χ1n) is 8.05. The van der Waals surface area contributed by atoms with Gasteiger partial charge >= 0.3 is 18.0 Å². The molecule has 3 rings (SSSR count). The highest BCUT2D eigenvalue weighted by atomic mass is 16.4. The third-order valence-electron chi connectivity index (χ3n) is 4.76. The van der Waals surface area contributed by atoms with E-state index in [9.17, 15) is 19.5 Å². The first kappa shape index (κ1) is 16.4. The Morgan fingerprint density at radius 3 is 2.67 bits per heavy atom. The van der Waals surface area contributed by atoms with E-state index in [0.717, 1.165) is 30.8 Å². The highest BCUT2D eigenvalue weighted by Crippen LogP contribution is 2.24. The molecule has 0 saturated carbocycles. The summed E-state index contributed by atoms with van der Waals surface area (Å²) in [4.78, 5) is 44.4. The summed E-state index contributed by atoms with van der Waals surface area (Å²) in [6.07, 6.45) is 2.10. The van der Waals surface area contributed by atoms with Crippen molar-refractivity contribution in [1.82, 2.24) is 14.7 Å². The van der Waals surface area contributed by atoms with Crippen LogP contribution in [-0.4, -0.2) is 93.9 Å². The molecule has 2 atom stereocenters. The number of likely N-dealkylation sites (N-methyl/N-ethyl adjacent to an activating group) is 2. The predicted molar refractivity (Wildman–Crippen MR) is 84.9 cm³/mol. The zero-order chi connectivity index (χ0) is 17.6. The highest BCUT2D eigenvalue weighted by Gasteiger charge is 2.55. The van der Waals surface area contributed by atoms with Crippen LogP contribution < -0.4 is 0 Å². The average molecular weight is 336 g/mol. The fourth-order valence-corrected chi connectivity index (χ4v) is 3.52. The maximum absolute atomic E-state index is 12.6. The van der Waals surface area contributed by atoms with Crippen LogP contribution in [0, 0.1) is 5.92 Å². The molecule has 0 radical (unpaired) electrons. The highest BCUT2D eigenvalue weighted by molar-refractivity contribution is 6.25. The maximum Gasteiger partial charge on any atom is 0.392 e. The van der Waals surface area contributed by atoms with Crippen LogP contribution >= 0.6 is 0 Å². The van der Waals surface area contributed by atoms with Crippen LogP contribution in [-0.2, 0) is 9.59 Å². The number of rotatable bonds is 2. The van der Waals surface area contributed by atoms with Crippen LogP contribution in [0.4, 0.5) is 4.79 Å².